The summed E-state index contributed by atoms with van der Waals surface area (Å²) in [7, 11) is -2.01. The summed E-state index contributed by atoms with van der Waals surface area (Å²) in [5.41, 5.74) is 6.20. The lowest BCUT2D eigenvalue weighted by Crippen LogP contribution is -2.31. The molecular weight excluding hydrogens is 290 g/mol. The maximum Gasteiger partial charge on any atom is 0.239 e. The first-order valence-corrected chi connectivity index (χ1v) is 7.96. The highest BCUT2D eigenvalue weighted by molar-refractivity contribution is 7.92. The number of anilines is 2. The molecule has 2 rings (SSSR count). The van der Waals surface area contributed by atoms with Crippen molar-refractivity contribution in [2.75, 3.05) is 29.4 Å². The van der Waals surface area contributed by atoms with Crippen LogP contribution in [0.3, 0.4) is 0 Å². The Morgan fingerprint density at radius 3 is 2.71 bits per heavy atom. The van der Waals surface area contributed by atoms with Crippen LogP contribution in [0.2, 0.25) is 0 Å². The van der Waals surface area contributed by atoms with Crippen LogP contribution < -0.4 is 14.8 Å². The number of aromatic nitrogens is 1. The Morgan fingerprint density at radius 2 is 2.05 bits per heavy atom. The molecule has 6 nitrogen and oxygen atoms in total. The first-order valence-electron chi connectivity index (χ1n) is 6.35. The van der Waals surface area contributed by atoms with Crippen molar-refractivity contribution in [3.8, 4) is 5.75 Å². The van der Waals surface area contributed by atoms with E-state index in [1.54, 1.807) is 48.7 Å². The van der Waals surface area contributed by atoms with Gasteiger partial charge in [0.2, 0.25) is 10.0 Å². The van der Waals surface area contributed by atoms with E-state index in [4.69, 9.17) is 10.5 Å². The summed E-state index contributed by atoms with van der Waals surface area (Å²) in [6.45, 7) is 0.0446. The predicted molar refractivity (Wildman–Crippen MR) is 82.8 cm³/mol. The molecule has 0 radical (unpaired) electrons. The quantitative estimate of drug-likeness (QED) is 0.818. The fraction of sp³-hybridized carbons (Fsp3) is 0.214. The molecule has 2 N–H and O–H groups in total. The molecule has 2 aromatic rings. The number of benzene rings is 1. The molecule has 0 aliphatic rings. The van der Waals surface area contributed by atoms with Crippen molar-refractivity contribution in [3.63, 3.8) is 0 Å². The fourth-order valence-corrected chi connectivity index (χ4v) is 2.65. The average molecular weight is 307 g/mol. The highest BCUT2D eigenvalue weighted by Gasteiger charge is 2.19. The van der Waals surface area contributed by atoms with Gasteiger partial charge in [0.05, 0.1) is 0 Å². The van der Waals surface area contributed by atoms with E-state index in [1.165, 1.54) is 7.05 Å². The molecule has 0 saturated heterocycles. The number of hydrogen-bond donors (Lipinski definition) is 1. The van der Waals surface area contributed by atoms with E-state index in [9.17, 15) is 8.42 Å². The van der Waals surface area contributed by atoms with Gasteiger partial charge in [0.15, 0.2) is 0 Å². The van der Waals surface area contributed by atoms with Crippen molar-refractivity contribution in [2.45, 2.75) is 0 Å². The van der Waals surface area contributed by atoms with Crippen molar-refractivity contribution >= 4 is 21.5 Å². The van der Waals surface area contributed by atoms with Crippen molar-refractivity contribution in [1.29, 1.82) is 0 Å². The van der Waals surface area contributed by atoms with Crippen LogP contribution in [-0.2, 0) is 10.0 Å². The monoisotopic (exact) mass is 307 g/mol. The lowest BCUT2D eigenvalue weighted by Gasteiger charge is -2.18. The van der Waals surface area contributed by atoms with Gasteiger partial charge in [-0.05, 0) is 24.3 Å². The zero-order chi connectivity index (χ0) is 15.3. The van der Waals surface area contributed by atoms with Gasteiger partial charge in [0.25, 0.3) is 0 Å². The molecule has 112 valence electrons. The SMILES string of the molecule is CN(c1ccccn1)S(=O)(=O)CCOc1cccc(N)c1. The van der Waals surface area contributed by atoms with Gasteiger partial charge in [-0.25, -0.2) is 13.4 Å². The van der Waals surface area contributed by atoms with Crippen LogP contribution >= 0.6 is 0 Å². The van der Waals surface area contributed by atoms with Crippen molar-refractivity contribution in [1.82, 2.24) is 4.98 Å². The fourth-order valence-electron chi connectivity index (χ4n) is 1.69. The first-order chi connectivity index (χ1) is 9.99. The van der Waals surface area contributed by atoms with Crippen molar-refractivity contribution in [2.24, 2.45) is 0 Å². The number of nitrogens with two attached hydrogens (primary N) is 1. The number of nitrogen functional groups attached to an aromatic ring is 1. The van der Waals surface area contributed by atoms with Crippen LogP contribution in [0.4, 0.5) is 11.5 Å². The minimum absolute atomic E-state index is 0.0446. The second-order valence-electron chi connectivity index (χ2n) is 4.39. The Labute approximate surface area is 124 Å². The van der Waals surface area contributed by atoms with Crippen LogP contribution in [-0.4, -0.2) is 32.8 Å². The number of hydrogen-bond acceptors (Lipinski definition) is 5. The summed E-state index contributed by atoms with van der Waals surface area (Å²) in [4.78, 5) is 4.01. The summed E-state index contributed by atoms with van der Waals surface area (Å²) in [5.74, 6) is 0.779. The Balaban J connectivity index is 1.95. The van der Waals surface area contributed by atoms with E-state index in [0.29, 0.717) is 17.3 Å². The van der Waals surface area contributed by atoms with Crippen LogP contribution in [0.5, 0.6) is 5.75 Å². The number of rotatable bonds is 6. The van der Waals surface area contributed by atoms with Gasteiger partial charge in [-0.15, -0.1) is 0 Å². The molecule has 0 amide bonds. The maximum absolute atomic E-state index is 12.2. The standard InChI is InChI=1S/C14H17N3O3S/c1-17(14-7-2-3-8-16-14)21(18,19)10-9-20-13-6-4-5-12(15)11-13/h2-8,11H,9-10,15H2,1H3. The second kappa shape index (κ2) is 6.45. The molecule has 21 heavy (non-hydrogen) atoms. The molecule has 0 fully saturated rings. The molecule has 7 heteroatoms. The molecule has 1 aromatic heterocycles. The molecular formula is C14H17N3O3S. The van der Waals surface area contributed by atoms with Crippen LogP contribution in [0, 0.1) is 0 Å². The topological polar surface area (TPSA) is 85.5 Å². The van der Waals surface area contributed by atoms with Crippen LogP contribution in [0.1, 0.15) is 0 Å². The molecule has 0 bridgehead atoms. The number of sulfonamides is 1. The van der Waals surface area contributed by atoms with E-state index in [-0.39, 0.29) is 12.4 Å². The van der Waals surface area contributed by atoms with Crippen molar-refractivity contribution < 1.29 is 13.2 Å². The minimum Gasteiger partial charge on any atom is -0.492 e. The Hall–Kier alpha value is -2.28. The highest BCUT2D eigenvalue weighted by atomic mass is 32.2. The third-order valence-corrected chi connectivity index (χ3v) is 4.56. The zero-order valence-electron chi connectivity index (χ0n) is 11.6. The molecule has 1 heterocycles. The van der Waals surface area contributed by atoms with Crippen molar-refractivity contribution in [3.05, 3.63) is 48.7 Å². The number of ether oxygens (including phenoxy) is 1. The summed E-state index contributed by atoms with van der Waals surface area (Å²) >= 11 is 0. The smallest absolute Gasteiger partial charge is 0.239 e. The van der Waals surface area contributed by atoms with E-state index in [1.807, 2.05) is 0 Å². The Morgan fingerprint density at radius 1 is 1.24 bits per heavy atom. The van der Waals surface area contributed by atoms with Gasteiger partial charge < -0.3 is 10.5 Å². The van der Waals surface area contributed by atoms with E-state index in [0.717, 1.165) is 4.31 Å². The average Bonchev–Trinajstić information content (AvgIpc) is 2.47. The zero-order valence-corrected chi connectivity index (χ0v) is 12.5. The summed E-state index contributed by atoms with van der Waals surface area (Å²) < 4.78 is 30.9. The summed E-state index contributed by atoms with van der Waals surface area (Å²) in [6.07, 6.45) is 1.55. The molecule has 0 spiro atoms. The third-order valence-electron chi connectivity index (χ3n) is 2.86. The van der Waals surface area contributed by atoms with Gasteiger partial charge in [-0.2, -0.15) is 0 Å². The van der Waals surface area contributed by atoms with Crippen LogP contribution in [0.25, 0.3) is 0 Å². The normalized spacial score (nSPS) is 11.1. The van der Waals surface area contributed by atoms with Gasteiger partial charge in [0.1, 0.15) is 23.9 Å². The predicted octanol–water partition coefficient (Wildman–Crippen LogP) is 1.51. The summed E-state index contributed by atoms with van der Waals surface area (Å²) in [6, 6.07) is 12.0. The van der Waals surface area contributed by atoms with Gasteiger partial charge in [-0.3, -0.25) is 4.31 Å². The van der Waals surface area contributed by atoms with Gasteiger partial charge in [-0.1, -0.05) is 12.1 Å². The highest BCUT2D eigenvalue weighted by Crippen LogP contribution is 2.15. The minimum atomic E-state index is -3.48. The largest absolute Gasteiger partial charge is 0.492 e. The molecule has 0 aliphatic heterocycles. The number of pyridine rings is 1. The molecule has 0 saturated carbocycles. The lowest BCUT2D eigenvalue weighted by atomic mass is 10.3. The molecule has 0 unspecified atom stereocenters. The lowest BCUT2D eigenvalue weighted by molar-refractivity contribution is 0.341. The summed E-state index contributed by atoms with van der Waals surface area (Å²) in [5, 5.41) is 0. The van der Waals surface area contributed by atoms with Gasteiger partial charge in [0, 0.05) is 25.0 Å². The molecule has 0 aliphatic carbocycles. The third kappa shape index (κ3) is 4.09. The number of nitrogens with zero attached hydrogens (tertiary/aromatic N) is 2. The maximum atomic E-state index is 12.2. The van der Waals surface area contributed by atoms with E-state index in [2.05, 4.69) is 4.98 Å². The molecule has 0 atom stereocenters. The van der Waals surface area contributed by atoms with E-state index < -0.39 is 10.0 Å². The van der Waals surface area contributed by atoms with E-state index >= 15 is 0 Å². The Bertz CT molecular complexity index is 690. The Kier molecular flexibility index (Phi) is 4.64. The van der Waals surface area contributed by atoms with Crippen LogP contribution in [0.15, 0.2) is 48.7 Å². The van der Waals surface area contributed by atoms with Gasteiger partial charge >= 0.3 is 0 Å². The second-order valence-corrected chi connectivity index (χ2v) is 6.51. The molecule has 1 aromatic carbocycles. The first kappa shape index (κ1) is 15.1.